The summed E-state index contributed by atoms with van der Waals surface area (Å²) in [5.41, 5.74) is 1.34. The van der Waals surface area contributed by atoms with Crippen molar-refractivity contribution in [2.24, 2.45) is 5.92 Å². The molecule has 1 nitrogen and oxygen atoms in total. The van der Waals surface area contributed by atoms with Crippen molar-refractivity contribution in [3.63, 3.8) is 0 Å². The Labute approximate surface area is 96.5 Å². The van der Waals surface area contributed by atoms with E-state index in [2.05, 4.69) is 19.1 Å². The van der Waals surface area contributed by atoms with Crippen LogP contribution >= 0.6 is 11.6 Å². The third-order valence-corrected chi connectivity index (χ3v) is 2.79. The van der Waals surface area contributed by atoms with Gasteiger partial charge in [-0.25, -0.2) is 0 Å². The molecule has 0 fully saturated rings. The van der Waals surface area contributed by atoms with E-state index in [4.69, 9.17) is 11.6 Å². The Morgan fingerprint density at radius 2 is 2.00 bits per heavy atom. The van der Waals surface area contributed by atoms with E-state index < -0.39 is 0 Å². The largest absolute Gasteiger partial charge is 0.298 e. The summed E-state index contributed by atoms with van der Waals surface area (Å²) in [7, 11) is 0. The van der Waals surface area contributed by atoms with Crippen LogP contribution in [0.4, 0.5) is 0 Å². The van der Waals surface area contributed by atoms with E-state index in [9.17, 15) is 4.79 Å². The van der Waals surface area contributed by atoms with Gasteiger partial charge in [0.1, 0.15) is 5.78 Å². The molecule has 0 spiro atoms. The summed E-state index contributed by atoms with van der Waals surface area (Å²) in [4.78, 5) is 11.1. The van der Waals surface area contributed by atoms with Crippen LogP contribution in [0.15, 0.2) is 30.3 Å². The van der Waals surface area contributed by atoms with Gasteiger partial charge >= 0.3 is 0 Å². The third kappa shape index (κ3) is 4.98. The molecule has 0 saturated carbocycles. The minimum absolute atomic E-state index is 0.148. The molecule has 1 aromatic rings. The second kappa shape index (κ2) is 6.62. The predicted molar refractivity (Wildman–Crippen MR) is 64.3 cm³/mol. The Balaban J connectivity index is 2.28. The van der Waals surface area contributed by atoms with E-state index in [0.717, 1.165) is 12.8 Å². The maximum atomic E-state index is 11.1. The van der Waals surface area contributed by atoms with Crippen LogP contribution in [0.1, 0.15) is 25.3 Å². The topological polar surface area (TPSA) is 17.1 Å². The maximum Gasteiger partial charge on any atom is 0.147 e. The fourth-order valence-corrected chi connectivity index (χ4v) is 1.71. The van der Waals surface area contributed by atoms with Crippen LogP contribution in [0.2, 0.25) is 0 Å². The van der Waals surface area contributed by atoms with Gasteiger partial charge in [-0.3, -0.25) is 4.79 Å². The lowest BCUT2D eigenvalue weighted by atomic mass is 9.97. The lowest BCUT2D eigenvalue weighted by Gasteiger charge is -2.09. The van der Waals surface area contributed by atoms with Crippen molar-refractivity contribution in [1.82, 2.24) is 0 Å². The summed E-state index contributed by atoms with van der Waals surface area (Å²) >= 11 is 5.46. The highest BCUT2D eigenvalue weighted by molar-refractivity contribution is 6.27. The Bertz CT molecular complexity index is 295. The lowest BCUT2D eigenvalue weighted by Crippen LogP contribution is -2.07. The highest BCUT2D eigenvalue weighted by atomic mass is 35.5. The van der Waals surface area contributed by atoms with Crippen molar-refractivity contribution >= 4 is 17.4 Å². The summed E-state index contributed by atoms with van der Waals surface area (Å²) in [5.74, 6) is 0.726. The molecule has 0 saturated heterocycles. The van der Waals surface area contributed by atoms with E-state index in [-0.39, 0.29) is 11.7 Å². The minimum atomic E-state index is 0.148. The van der Waals surface area contributed by atoms with Crippen molar-refractivity contribution < 1.29 is 4.79 Å². The molecule has 0 aliphatic rings. The van der Waals surface area contributed by atoms with E-state index in [1.165, 1.54) is 5.56 Å². The first-order chi connectivity index (χ1) is 7.22. The van der Waals surface area contributed by atoms with Gasteiger partial charge in [-0.1, -0.05) is 37.3 Å². The zero-order valence-electron chi connectivity index (χ0n) is 9.08. The molecule has 0 N–H and O–H groups in total. The van der Waals surface area contributed by atoms with Crippen molar-refractivity contribution in [2.45, 2.75) is 26.2 Å². The van der Waals surface area contributed by atoms with Gasteiger partial charge in [0.15, 0.2) is 0 Å². The lowest BCUT2D eigenvalue weighted by molar-refractivity contribution is -0.117. The molecule has 0 amide bonds. The van der Waals surface area contributed by atoms with Gasteiger partial charge in [-0.2, -0.15) is 0 Å². The number of ketones is 1. The molecule has 0 radical (unpaired) electrons. The quantitative estimate of drug-likeness (QED) is 0.677. The second-order valence-electron chi connectivity index (χ2n) is 4.01. The number of carbonyl (C=O) groups excluding carboxylic acids is 1. The van der Waals surface area contributed by atoms with Crippen molar-refractivity contribution in [2.75, 3.05) is 5.88 Å². The molecule has 0 aliphatic carbocycles. The molecule has 0 heterocycles. The first-order valence-corrected chi connectivity index (χ1v) is 5.87. The van der Waals surface area contributed by atoms with Crippen LogP contribution in [-0.2, 0) is 11.2 Å². The second-order valence-corrected chi connectivity index (χ2v) is 4.27. The van der Waals surface area contributed by atoms with Crippen LogP contribution in [0.25, 0.3) is 0 Å². The van der Waals surface area contributed by atoms with E-state index >= 15 is 0 Å². The average Bonchev–Trinajstić information content (AvgIpc) is 2.27. The summed E-state index contributed by atoms with van der Waals surface area (Å²) in [5, 5.41) is 0. The SMILES string of the molecule is CC(CCc1ccccc1)CC(=O)CCl. The smallest absolute Gasteiger partial charge is 0.147 e. The summed E-state index contributed by atoms with van der Waals surface area (Å²) < 4.78 is 0. The number of alkyl halides is 1. The molecule has 1 atom stereocenters. The first-order valence-electron chi connectivity index (χ1n) is 5.34. The maximum absolute atomic E-state index is 11.1. The standard InChI is InChI=1S/C13H17ClO/c1-11(9-13(15)10-14)7-8-12-5-3-2-4-6-12/h2-6,11H,7-10H2,1H3. The van der Waals surface area contributed by atoms with E-state index in [1.54, 1.807) is 0 Å². The Morgan fingerprint density at radius 1 is 1.33 bits per heavy atom. The van der Waals surface area contributed by atoms with Gasteiger partial charge < -0.3 is 0 Å². The number of halogens is 1. The fraction of sp³-hybridized carbons (Fsp3) is 0.462. The number of carbonyl (C=O) groups is 1. The Hall–Kier alpha value is -0.820. The van der Waals surface area contributed by atoms with Gasteiger partial charge in [0.2, 0.25) is 0 Å². The third-order valence-electron chi connectivity index (χ3n) is 2.49. The molecular formula is C13H17ClO. The van der Waals surface area contributed by atoms with Gasteiger partial charge in [0.25, 0.3) is 0 Å². The molecule has 15 heavy (non-hydrogen) atoms. The molecule has 2 heteroatoms. The number of hydrogen-bond donors (Lipinski definition) is 0. The highest BCUT2D eigenvalue weighted by Gasteiger charge is 2.07. The van der Waals surface area contributed by atoms with E-state index in [1.807, 2.05) is 18.2 Å². The number of rotatable bonds is 6. The number of aryl methyl sites for hydroxylation is 1. The van der Waals surface area contributed by atoms with Crippen molar-refractivity contribution in [3.05, 3.63) is 35.9 Å². The first kappa shape index (κ1) is 12.3. The van der Waals surface area contributed by atoms with Gasteiger partial charge in [0.05, 0.1) is 5.88 Å². The molecule has 0 aliphatic heterocycles. The highest BCUT2D eigenvalue weighted by Crippen LogP contribution is 2.13. The molecule has 1 unspecified atom stereocenters. The van der Waals surface area contributed by atoms with Crippen LogP contribution in [-0.4, -0.2) is 11.7 Å². The summed E-state index contributed by atoms with van der Waals surface area (Å²) in [6, 6.07) is 10.4. The number of benzene rings is 1. The normalized spacial score (nSPS) is 12.4. The van der Waals surface area contributed by atoms with E-state index in [0.29, 0.717) is 12.3 Å². The van der Waals surface area contributed by atoms with Gasteiger partial charge in [-0.15, -0.1) is 11.6 Å². The average molecular weight is 225 g/mol. The van der Waals surface area contributed by atoms with Crippen LogP contribution in [0, 0.1) is 5.92 Å². The Kier molecular flexibility index (Phi) is 5.41. The molecule has 0 aromatic heterocycles. The molecular weight excluding hydrogens is 208 g/mol. The Morgan fingerprint density at radius 3 is 2.60 bits per heavy atom. The van der Waals surface area contributed by atoms with Crippen LogP contribution in [0.5, 0.6) is 0 Å². The molecule has 0 bridgehead atoms. The van der Waals surface area contributed by atoms with Crippen LogP contribution in [0.3, 0.4) is 0 Å². The summed E-state index contributed by atoms with van der Waals surface area (Å²) in [6.45, 7) is 2.10. The molecule has 1 rings (SSSR count). The zero-order valence-corrected chi connectivity index (χ0v) is 9.83. The minimum Gasteiger partial charge on any atom is -0.298 e. The van der Waals surface area contributed by atoms with Gasteiger partial charge in [0, 0.05) is 6.42 Å². The molecule has 82 valence electrons. The van der Waals surface area contributed by atoms with Crippen molar-refractivity contribution in [3.8, 4) is 0 Å². The predicted octanol–water partition coefficient (Wildman–Crippen LogP) is 3.45. The fourth-order valence-electron chi connectivity index (χ4n) is 1.60. The zero-order chi connectivity index (χ0) is 11.1. The number of Topliss-reactive ketones (excluding diaryl/α,β-unsaturated/α-hetero) is 1. The van der Waals surface area contributed by atoms with Crippen LogP contribution < -0.4 is 0 Å². The molecule has 1 aromatic carbocycles. The van der Waals surface area contributed by atoms with Crippen molar-refractivity contribution in [1.29, 1.82) is 0 Å². The monoisotopic (exact) mass is 224 g/mol. The van der Waals surface area contributed by atoms with Gasteiger partial charge in [-0.05, 0) is 24.3 Å². The number of hydrogen-bond acceptors (Lipinski definition) is 1. The summed E-state index contributed by atoms with van der Waals surface area (Å²) in [6.07, 6.45) is 2.69.